The number of carbonyl (C=O) groups excluding carboxylic acids is 2. The summed E-state index contributed by atoms with van der Waals surface area (Å²) in [4.78, 5) is 26.5. The van der Waals surface area contributed by atoms with Crippen LogP contribution in [0.3, 0.4) is 0 Å². The molecule has 0 spiro atoms. The summed E-state index contributed by atoms with van der Waals surface area (Å²) in [5.41, 5.74) is 0. The van der Waals surface area contributed by atoms with Crippen LogP contribution in [0, 0.1) is 0 Å². The zero-order valence-corrected chi connectivity index (χ0v) is 50.1. The Morgan fingerprint density at radius 1 is 0.506 bits per heavy atom. The molecule has 8 atom stereocenters. The minimum atomic E-state index is -1.63. The van der Waals surface area contributed by atoms with Crippen LogP contribution >= 0.6 is 0 Å². The molecule has 6 N–H and O–H groups in total. The number of nitrogens with one attached hydrogen (secondary N) is 1. The van der Waals surface area contributed by atoms with Gasteiger partial charge < -0.3 is 45.1 Å². The SMILES string of the molecule is CCCCCCCC/C=C\C/C=C/CCC(=O)OC1C(OCC(NC(=O)C(O)CCCCCCCCCCCCCCCCCCCCCCCC)C(O)/C=C/CCCCCCCCCCCCC)OC(CO)C(O)C1O. The number of hydrogen-bond donors (Lipinski definition) is 6. The molecule has 0 radical (unpaired) electrons. The lowest BCUT2D eigenvalue weighted by molar-refractivity contribution is -0.305. The zero-order valence-electron chi connectivity index (χ0n) is 50.1. The fourth-order valence-corrected chi connectivity index (χ4v) is 10.4. The molecule has 0 bridgehead atoms. The third-order valence-electron chi connectivity index (χ3n) is 15.6. The quantitative estimate of drug-likeness (QED) is 0.0195. The summed E-state index contributed by atoms with van der Waals surface area (Å²) in [6, 6.07) is -1.03. The van der Waals surface area contributed by atoms with Crippen LogP contribution in [0.25, 0.3) is 0 Å². The van der Waals surface area contributed by atoms with E-state index >= 15 is 0 Å². The highest BCUT2D eigenvalue weighted by Crippen LogP contribution is 2.26. The second-order valence-electron chi connectivity index (χ2n) is 22.9. The van der Waals surface area contributed by atoms with Crippen molar-refractivity contribution < 1.29 is 49.3 Å². The lowest BCUT2D eigenvalue weighted by atomic mass is 9.99. The second-order valence-corrected chi connectivity index (χ2v) is 22.9. The van der Waals surface area contributed by atoms with Gasteiger partial charge in [0.2, 0.25) is 5.91 Å². The predicted octanol–water partition coefficient (Wildman–Crippen LogP) is 15.8. The van der Waals surface area contributed by atoms with Crippen LogP contribution in [-0.4, -0.2) is 99.6 Å². The third kappa shape index (κ3) is 42.4. The van der Waals surface area contributed by atoms with Crippen LogP contribution < -0.4 is 5.32 Å². The Bertz CT molecular complexity index is 1390. The van der Waals surface area contributed by atoms with Crippen LogP contribution in [0.15, 0.2) is 36.5 Å². The molecule has 1 amide bonds. The molecule has 1 saturated heterocycles. The fourth-order valence-electron chi connectivity index (χ4n) is 10.4. The molecule has 452 valence electrons. The molecule has 1 rings (SSSR count). The number of carbonyl (C=O) groups is 2. The van der Waals surface area contributed by atoms with Crippen LogP contribution in [0.5, 0.6) is 0 Å². The third-order valence-corrected chi connectivity index (χ3v) is 15.6. The first kappa shape index (κ1) is 72.9. The molecule has 11 nitrogen and oxygen atoms in total. The molecule has 0 aromatic rings. The number of unbranched alkanes of at least 4 members (excludes halogenated alkanes) is 38. The highest BCUT2D eigenvalue weighted by molar-refractivity contribution is 5.80. The van der Waals surface area contributed by atoms with Crippen molar-refractivity contribution in [1.82, 2.24) is 5.32 Å². The Balaban J connectivity index is 2.64. The van der Waals surface area contributed by atoms with Crippen molar-refractivity contribution in [2.24, 2.45) is 0 Å². The van der Waals surface area contributed by atoms with Crippen molar-refractivity contribution in [2.75, 3.05) is 13.2 Å². The van der Waals surface area contributed by atoms with Crippen LogP contribution in [0.1, 0.15) is 310 Å². The Morgan fingerprint density at radius 3 is 1.32 bits per heavy atom. The number of allylic oxidation sites excluding steroid dienone is 5. The Morgan fingerprint density at radius 2 is 0.896 bits per heavy atom. The molecule has 1 aliphatic rings. The maximum absolute atomic E-state index is 13.4. The number of hydrogen-bond acceptors (Lipinski definition) is 10. The van der Waals surface area contributed by atoms with Gasteiger partial charge >= 0.3 is 5.97 Å². The standard InChI is InChI=1S/C66H123NO10/c1-4-7-10-13-16-19-22-25-26-27-28-29-30-31-32-33-36-38-41-44-47-50-53-59(70)65(74)67-57(58(69)52-49-46-43-40-37-34-23-20-17-14-11-8-5-2)56-75-66-64(63(73)62(72)60(55-68)76-66)77-61(71)54-51-48-45-42-39-35-24-21-18-15-12-9-6-3/h35,39,45,48-49,52,57-60,62-64,66,68-70,72-73H,4-34,36-38,40-44,46-47,50-51,53-56H2,1-3H3,(H,67,74)/b39-35-,48-45+,52-49+. The maximum atomic E-state index is 13.4. The van der Waals surface area contributed by atoms with E-state index in [-0.39, 0.29) is 13.0 Å². The normalized spacial score (nSPS) is 19.2. The van der Waals surface area contributed by atoms with Gasteiger partial charge in [-0.1, -0.05) is 295 Å². The van der Waals surface area contributed by atoms with Crippen molar-refractivity contribution in [1.29, 1.82) is 0 Å². The summed E-state index contributed by atoms with van der Waals surface area (Å²) in [5.74, 6) is -1.25. The molecule has 0 aromatic heterocycles. The van der Waals surface area contributed by atoms with Crippen molar-refractivity contribution in [3.63, 3.8) is 0 Å². The van der Waals surface area contributed by atoms with Gasteiger partial charge in [-0.15, -0.1) is 0 Å². The molecule has 1 aliphatic heterocycles. The molecule has 0 aromatic carbocycles. The molecule has 1 fully saturated rings. The average molecular weight is 1090 g/mol. The Labute approximate surface area is 473 Å². The number of amides is 1. The van der Waals surface area contributed by atoms with Crippen molar-refractivity contribution in [3.8, 4) is 0 Å². The first-order valence-electron chi connectivity index (χ1n) is 32.8. The largest absolute Gasteiger partial charge is 0.454 e. The summed E-state index contributed by atoms with van der Waals surface area (Å²) >= 11 is 0. The van der Waals surface area contributed by atoms with Gasteiger partial charge in [-0.25, -0.2) is 0 Å². The van der Waals surface area contributed by atoms with Gasteiger partial charge in [-0.3, -0.25) is 9.59 Å². The van der Waals surface area contributed by atoms with E-state index < -0.39 is 67.4 Å². The smallest absolute Gasteiger partial charge is 0.306 e. The summed E-state index contributed by atoms with van der Waals surface area (Å²) < 4.78 is 17.6. The van der Waals surface area contributed by atoms with E-state index in [0.29, 0.717) is 19.3 Å². The van der Waals surface area contributed by atoms with E-state index in [0.717, 1.165) is 51.4 Å². The number of aliphatic hydroxyl groups excluding tert-OH is 5. The Kier molecular flexibility index (Phi) is 51.6. The maximum Gasteiger partial charge on any atom is 0.306 e. The van der Waals surface area contributed by atoms with Gasteiger partial charge in [-0.2, -0.15) is 0 Å². The monoisotopic (exact) mass is 1090 g/mol. The minimum Gasteiger partial charge on any atom is -0.454 e. The molecule has 77 heavy (non-hydrogen) atoms. The van der Waals surface area contributed by atoms with Gasteiger partial charge in [-0.05, 0) is 44.9 Å². The topological polar surface area (TPSA) is 175 Å². The van der Waals surface area contributed by atoms with Gasteiger partial charge in [0.1, 0.15) is 24.4 Å². The van der Waals surface area contributed by atoms with E-state index in [1.54, 1.807) is 6.08 Å². The average Bonchev–Trinajstić information content (AvgIpc) is 3.43. The molecular weight excluding hydrogens is 967 g/mol. The number of ether oxygens (including phenoxy) is 3. The summed E-state index contributed by atoms with van der Waals surface area (Å²) in [6.07, 6.45) is 54.9. The molecule has 11 heteroatoms. The first-order valence-corrected chi connectivity index (χ1v) is 32.8. The number of aliphatic hydroxyl groups is 5. The molecule has 0 saturated carbocycles. The van der Waals surface area contributed by atoms with E-state index in [1.807, 2.05) is 18.2 Å². The summed E-state index contributed by atoms with van der Waals surface area (Å²) in [5, 5.41) is 57.0. The number of esters is 1. The molecule has 8 unspecified atom stereocenters. The van der Waals surface area contributed by atoms with E-state index in [1.165, 1.54) is 212 Å². The predicted molar refractivity (Wildman–Crippen MR) is 320 cm³/mol. The number of rotatable bonds is 56. The van der Waals surface area contributed by atoms with E-state index in [9.17, 15) is 35.1 Å². The minimum absolute atomic E-state index is 0.0201. The molecular formula is C66H123NO10. The van der Waals surface area contributed by atoms with Crippen molar-refractivity contribution in [2.45, 2.75) is 359 Å². The lowest BCUT2D eigenvalue weighted by Gasteiger charge is -2.41. The second kappa shape index (κ2) is 54.5. The summed E-state index contributed by atoms with van der Waals surface area (Å²) in [6.45, 7) is 5.78. The highest BCUT2D eigenvalue weighted by atomic mass is 16.7. The van der Waals surface area contributed by atoms with Crippen molar-refractivity contribution in [3.05, 3.63) is 36.5 Å². The first-order chi connectivity index (χ1) is 37.7. The van der Waals surface area contributed by atoms with Crippen LogP contribution in [-0.2, 0) is 23.8 Å². The van der Waals surface area contributed by atoms with Crippen LogP contribution in [0.2, 0.25) is 0 Å². The van der Waals surface area contributed by atoms with E-state index in [4.69, 9.17) is 14.2 Å². The lowest BCUT2D eigenvalue weighted by Crippen LogP contribution is -2.61. The van der Waals surface area contributed by atoms with Gasteiger partial charge in [0.05, 0.1) is 25.4 Å². The zero-order chi connectivity index (χ0) is 56.1. The van der Waals surface area contributed by atoms with Crippen LogP contribution in [0.4, 0.5) is 0 Å². The fraction of sp³-hybridized carbons (Fsp3) is 0.879. The van der Waals surface area contributed by atoms with Crippen molar-refractivity contribution >= 4 is 11.9 Å². The van der Waals surface area contributed by atoms with Gasteiger partial charge in [0, 0.05) is 6.42 Å². The summed E-state index contributed by atoms with van der Waals surface area (Å²) in [7, 11) is 0. The van der Waals surface area contributed by atoms with Gasteiger partial charge in [0.25, 0.3) is 0 Å². The van der Waals surface area contributed by atoms with E-state index in [2.05, 4.69) is 38.2 Å². The molecule has 0 aliphatic carbocycles. The van der Waals surface area contributed by atoms with Gasteiger partial charge in [0.15, 0.2) is 12.4 Å². The Hall–Kier alpha value is -2.12. The highest BCUT2D eigenvalue weighted by Gasteiger charge is 2.47. The molecule has 1 heterocycles.